The number of carbonyl (C=O) groups is 2. The predicted octanol–water partition coefficient (Wildman–Crippen LogP) is 4.71. The molecule has 1 aliphatic carbocycles. The Morgan fingerprint density at radius 3 is 2.37 bits per heavy atom. The van der Waals surface area contributed by atoms with Crippen LogP contribution in [-0.4, -0.2) is 17.0 Å². The molecule has 1 heterocycles. The van der Waals surface area contributed by atoms with E-state index in [0.717, 1.165) is 22.3 Å². The molecule has 0 spiro atoms. The van der Waals surface area contributed by atoms with Crippen molar-refractivity contribution in [2.75, 3.05) is 5.32 Å². The number of amides is 1. The molecule has 0 saturated heterocycles. The van der Waals surface area contributed by atoms with Gasteiger partial charge < -0.3 is 14.8 Å². The third kappa shape index (κ3) is 3.49. The first-order valence-corrected chi connectivity index (χ1v) is 8.89. The van der Waals surface area contributed by atoms with E-state index in [-0.39, 0.29) is 5.91 Å². The third-order valence-electron chi connectivity index (χ3n) is 4.95. The van der Waals surface area contributed by atoms with Crippen molar-refractivity contribution in [1.82, 2.24) is 0 Å². The number of rotatable bonds is 4. The molecule has 0 aliphatic heterocycles. The van der Waals surface area contributed by atoms with Gasteiger partial charge in [-0.15, -0.1) is 0 Å². The molecule has 2 N–H and O–H groups in total. The Morgan fingerprint density at radius 1 is 0.963 bits per heavy atom. The van der Waals surface area contributed by atoms with E-state index in [1.54, 1.807) is 12.1 Å². The first-order valence-electron chi connectivity index (χ1n) is 8.89. The Kier molecular flexibility index (Phi) is 4.50. The standard InChI is InChI=1S/C22H19NO4/c24-21(17-6-2-3-7-18(17)22(25)26)23-16-11-9-14(10-12-16)20-13-15-5-1-4-8-19(15)27-20/h1-5,8-13,17-18H,6-7H2,(H,23,24)(H,25,26). The molecular formula is C22H19NO4. The molecule has 2 aromatic carbocycles. The predicted molar refractivity (Wildman–Crippen MR) is 103 cm³/mol. The molecule has 5 nitrogen and oxygen atoms in total. The number of carboxylic acids is 1. The fourth-order valence-corrected chi connectivity index (χ4v) is 3.45. The van der Waals surface area contributed by atoms with Gasteiger partial charge in [0.2, 0.25) is 5.91 Å². The third-order valence-corrected chi connectivity index (χ3v) is 4.95. The minimum Gasteiger partial charge on any atom is -0.481 e. The van der Waals surface area contributed by atoms with Crippen molar-refractivity contribution < 1.29 is 19.1 Å². The Morgan fingerprint density at radius 2 is 1.67 bits per heavy atom. The molecule has 0 radical (unpaired) electrons. The molecule has 2 unspecified atom stereocenters. The smallest absolute Gasteiger partial charge is 0.307 e. The molecule has 5 heteroatoms. The fraction of sp³-hybridized carbons (Fsp3) is 0.182. The monoisotopic (exact) mass is 361 g/mol. The molecule has 1 aromatic heterocycles. The van der Waals surface area contributed by atoms with Crippen LogP contribution in [0.15, 0.2) is 71.2 Å². The van der Waals surface area contributed by atoms with E-state index in [1.807, 2.05) is 54.6 Å². The number of hydrogen-bond acceptors (Lipinski definition) is 3. The Balaban J connectivity index is 1.49. The van der Waals surface area contributed by atoms with Crippen LogP contribution in [0.4, 0.5) is 5.69 Å². The van der Waals surface area contributed by atoms with Gasteiger partial charge in [0, 0.05) is 16.6 Å². The number of para-hydroxylation sites is 1. The van der Waals surface area contributed by atoms with Crippen molar-refractivity contribution >= 4 is 28.5 Å². The molecule has 27 heavy (non-hydrogen) atoms. The summed E-state index contributed by atoms with van der Waals surface area (Å²) in [5, 5.41) is 13.2. The first kappa shape index (κ1) is 17.1. The number of aliphatic carboxylic acids is 1. The number of carbonyl (C=O) groups excluding carboxylic acids is 1. The van der Waals surface area contributed by atoms with E-state index in [2.05, 4.69) is 5.32 Å². The van der Waals surface area contributed by atoms with Crippen LogP contribution in [0.2, 0.25) is 0 Å². The summed E-state index contributed by atoms with van der Waals surface area (Å²) in [6.45, 7) is 0. The Bertz CT molecular complexity index is 983. The molecule has 3 aromatic rings. The summed E-state index contributed by atoms with van der Waals surface area (Å²) in [5.41, 5.74) is 2.38. The van der Waals surface area contributed by atoms with Crippen molar-refractivity contribution in [2.45, 2.75) is 12.8 Å². The molecule has 0 fully saturated rings. The van der Waals surface area contributed by atoms with Crippen LogP contribution in [0.25, 0.3) is 22.3 Å². The van der Waals surface area contributed by atoms with E-state index in [0.29, 0.717) is 18.5 Å². The zero-order chi connectivity index (χ0) is 18.8. The van der Waals surface area contributed by atoms with Crippen LogP contribution < -0.4 is 5.32 Å². The zero-order valence-corrected chi connectivity index (χ0v) is 14.6. The average molecular weight is 361 g/mol. The van der Waals surface area contributed by atoms with Crippen molar-refractivity contribution in [3.8, 4) is 11.3 Å². The highest BCUT2D eigenvalue weighted by Gasteiger charge is 2.33. The number of furan rings is 1. The molecule has 1 amide bonds. The Labute approximate surface area is 156 Å². The molecule has 136 valence electrons. The summed E-state index contributed by atoms with van der Waals surface area (Å²) >= 11 is 0. The van der Waals surface area contributed by atoms with Crippen LogP contribution in [0.5, 0.6) is 0 Å². The molecule has 1 aliphatic rings. The number of anilines is 1. The Hall–Kier alpha value is -3.34. The van der Waals surface area contributed by atoms with Crippen LogP contribution in [0.3, 0.4) is 0 Å². The zero-order valence-electron chi connectivity index (χ0n) is 14.6. The second-order valence-electron chi connectivity index (χ2n) is 6.71. The van der Waals surface area contributed by atoms with Gasteiger partial charge in [-0.25, -0.2) is 0 Å². The topological polar surface area (TPSA) is 79.5 Å². The first-order chi connectivity index (χ1) is 13.1. The molecule has 0 bridgehead atoms. The van der Waals surface area contributed by atoms with E-state index >= 15 is 0 Å². The quantitative estimate of drug-likeness (QED) is 0.660. The van der Waals surface area contributed by atoms with Crippen molar-refractivity contribution in [3.63, 3.8) is 0 Å². The van der Waals surface area contributed by atoms with Gasteiger partial charge in [-0.2, -0.15) is 0 Å². The summed E-state index contributed by atoms with van der Waals surface area (Å²) < 4.78 is 5.85. The summed E-state index contributed by atoms with van der Waals surface area (Å²) in [6.07, 6.45) is 4.53. The number of nitrogens with one attached hydrogen (secondary N) is 1. The van der Waals surface area contributed by atoms with Gasteiger partial charge in [0.15, 0.2) is 0 Å². The number of allylic oxidation sites excluding steroid dienone is 2. The molecule has 2 atom stereocenters. The summed E-state index contributed by atoms with van der Waals surface area (Å²) in [4.78, 5) is 23.9. The van der Waals surface area contributed by atoms with Crippen LogP contribution in [0, 0.1) is 11.8 Å². The lowest BCUT2D eigenvalue weighted by Gasteiger charge is -2.24. The lowest BCUT2D eigenvalue weighted by atomic mass is 9.82. The lowest BCUT2D eigenvalue weighted by molar-refractivity contribution is -0.146. The molecular weight excluding hydrogens is 342 g/mol. The van der Waals surface area contributed by atoms with Crippen molar-refractivity contribution in [2.24, 2.45) is 11.8 Å². The SMILES string of the molecule is O=C(O)C1CC=CCC1C(=O)Nc1ccc(-c2cc3ccccc3o2)cc1. The summed E-state index contributed by atoms with van der Waals surface area (Å²) in [7, 11) is 0. The maximum absolute atomic E-state index is 12.5. The van der Waals surface area contributed by atoms with Gasteiger partial charge in [0.25, 0.3) is 0 Å². The van der Waals surface area contributed by atoms with E-state index in [4.69, 9.17) is 4.42 Å². The number of carboxylic acid groups (broad SMARTS) is 1. The number of fused-ring (bicyclic) bond motifs is 1. The summed E-state index contributed by atoms with van der Waals surface area (Å²) in [6, 6.07) is 17.1. The highest BCUT2D eigenvalue weighted by atomic mass is 16.4. The van der Waals surface area contributed by atoms with E-state index in [1.165, 1.54) is 0 Å². The normalized spacial score (nSPS) is 19.1. The summed E-state index contributed by atoms with van der Waals surface area (Å²) in [5.74, 6) is -1.66. The van der Waals surface area contributed by atoms with Gasteiger partial charge in [0.05, 0.1) is 11.8 Å². The fourth-order valence-electron chi connectivity index (χ4n) is 3.45. The van der Waals surface area contributed by atoms with Gasteiger partial charge in [-0.05, 0) is 49.2 Å². The van der Waals surface area contributed by atoms with Crippen LogP contribution >= 0.6 is 0 Å². The maximum Gasteiger partial charge on any atom is 0.307 e. The van der Waals surface area contributed by atoms with Crippen LogP contribution in [0.1, 0.15) is 12.8 Å². The van der Waals surface area contributed by atoms with E-state index < -0.39 is 17.8 Å². The number of benzene rings is 2. The van der Waals surface area contributed by atoms with Crippen molar-refractivity contribution in [1.29, 1.82) is 0 Å². The van der Waals surface area contributed by atoms with Crippen LogP contribution in [-0.2, 0) is 9.59 Å². The van der Waals surface area contributed by atoms with Gasteiger partial charge in [0.1, 0.15) is 11.3 Å². The molecule has 4 rings (SSSR count). The minimum atomic E-state index is -0.931. The molecule has 0 saturated carbocycles. The second kappa shape index (κ2) is 7.11. The lowest BCUT2D eigenvalue weighted by Crippen LogP contribution is -2.34. The largest absolute Gasteiger partial charge is 0.481 e. The van der Waals surface area contributed by atoms with Gasteiger partial charge in [-0.3, -0.25) is 9.59 Å². The second-order valence-corrected chi connectivity index (χ2v) is 6.71. The van der Waals surface area contributed by atoms with Gasteiger partial charge in [-0.1, -0.05) is 30.4 Å². The van der Waals surface area contributed by atoms with E-state index in [9.17, 15) is 14.7 Å². The average Bonchev–Trinajstić information content (AvgIpc) is 3.12. The van der Waals surface area contributed by atoms with Crippen molar-refractivity contribution in [3.05, 3.63) is 66.7 Å². The van der Waals surface area contributed by atoms with Gasteiger partial charge >= 0.3 is 5.97 Å². The highest BCUT2D eigenvalue weighted by molar-refractivity contribution is 5.95. The maximum atomic E-state index is 12.5. The minimum absolute atomic E-state index is 0.261. The number of hydrogen-bond donors (Lipinski definition) is 2. The highest BCUT2D eigenvalue weighted by Crippen LogP contribution is 2.30.